The third-order valence-corrected chi connectivity index (χ3v) is 4.13. The molecule has 0 radical (unpaired) electrons. The Labute approximate surface area is 157 Å². The van der Waals surface area contributed by atoms with Crippen LogP contribution in [-0.4, -0.2) is 30.2 Å². The van der Waals surface area contributed by atoms with Crippen LogP contribution in [0.3, 0.4) is 0 Å². The van der Waals surface area contributed by atoms with E-state index in [-0.39, 0.29) is 44.6 Å². The molecule has 2 aromatic rings. The molecule has 1 aromatic heterocycles. The van der Waals surface area contributed by atoms with Crippen molar-refractivity contribution in [2.24, 2.45) is 0 Å². The van der Waals surface area contributed by atoms with Gasteiger partial charge in [-0.25, -0.2) is 0 Å². The molecule has 1 aromatic carbocycles. The summed E-state index contributed by atoms with van der Waals surface area (Å²) in [5.74, 6) is -0.667. The molecule has 0 saturated carbocycles. The Bertz CT molecular complexity index is 831. The molecular formula is C16H13Cl2F2N3O3. The highest BCUT2D eigenvalue weighted by atomic mass is 35.5. The third-order valence-electron chi connectivity index (χ3n) is 3.56. The molecule has 0 bridgehead atoms. The van der Waals surface area contributed by atoms with E-state index in [1.54, 1.807) is 6.92 Å². The lowest BCUT2D eigenvalue weighted by atomic mass is 10.1. The van der Waals surface area contributed by atoms with Crippen molar-refractivity contribution in [2.75, 3.05) is 17.2 Å². The maximum Gasteiger partial charge on any atom is 0.387 e. The zero-order valence-corrected chi connectivity index (χ0v) is 14.9. The number of aromatic nitrogens is 1. The van der Waals surface area contributed by atoms with E-state index in [9.17, 15) is 13.6 Å². The summed E-state index contributed by atoms with van der Waals surface area (Å²) in [6, 6.07) is 2.59. The highest BCUT2D eigenvalue weighted by molar-refractivity contribution is 6.39. The number of nitrogens with zero attached hydrogens (tertiary/aromatic N) is 1. The van der Waals surface area contributed by atoms with E-state index in [4.69, 9.17) is 27.9 Å². The molecule has 3 rings (SSSR count). The first-order valence-corrected chi connectivity index (χ1v) is 8.25. The summed E-state index contributed by atoms with van der Waals surface area (Å²) >= 11 is 12.0. The van der Waals surface area contributed by atoms with Crippen molar-refractivity contribution in [3.05, 3.63) is 40.1 Å². The van der Waals surface area contributed by atoms with E-state index in [1.165, 1.54) is 24.5 Å². The highest BCUT2D eigenvalue weighted by Gasteiger charge is 2.27. The fraction of sp³-hybridized carbons (Fsp3) is 0.250. The monoisotopic (exact) mass is 403 g/mol. The number of benzene rings is 1. The Morgan fingerprint density at radius 3 is 2.73 bits per heavy atom. The summed E-state index contributed by atoms with van der Waals surface area (Å²) < 4.78 is 35.3. The lowest BCUT2D eigenvalue weighted by molar-refractivity contribution is -0.0519. The molecule has 26 heavy (non-hydrogen) atoms. The predicted molar refractivity (Wildman–Crippen MR) is 93.9 cm³/mol. The van der Waals surface area contributed by atoms with Crippen molar-refractivity contribution in [3.8, 4) is 11.5 Å². The third kappa shape index (κ3) is 3.76. The Morgan fingerprint density at radius 2 is 2.08 bits per heavy atom. The highest BCUT2D eigenvalue weighted by Crippen LogP contribution is 2.42. The number of anilines is 2. The standard InChI is InChI=1S/C16H13Cl2F2N3O3/c1-7-4-22-12-8(2-3-11(14(12)25-7)26-16(19)20)15(24)23-13-9(17)5-21-6-10(13)18/h2-3,5-7,16,22H,4H2,1H3,(H,21,23,24)/t7-/m0/s1. The second-order valence-electron chi connectivity index (χ2n) is 5.44. The molecule has 2 heterocycles. The van der Waals surface area contributed by atoms with E-state index in [1.807, 2.05) is 0 Å². The van der Waals surface area contributed by atoms with E-state index < -0.39 is 12.5 Å². The maximum absolute atomic E-state index is 12.7. The van der Waals surface area contributed by atoms with E-state index in [0.717, 1.165) is 0 Å². The number of carbonyl (C=O) groups excluding carboxylic acids is 1. The summed E-state index contributed by atoms with van der Waals surface area (Å²) in [5, 5.41) is 5.91. The van der Waals surface area contributed by atoms with Crippen molar-refractivity contribution in [3.63, 3.8) is 0 Å². The SMILES string of the molecule is C[C@H]1CNc2c(C(=O)Nc3c(Cl)cncc3Cl)ccc(OC(F)F)c2O1. The van der Waals surface area contributed by atoms with E-state index >= 15 is 0 Å². The fourth-order valence-electron chi connectivity index (χ4n) is 2.43. The van der Waals surface area contributed by atoms with Crippen LogP contribution in [0.15, 0.2) is 24.5 Å². The maximum atomic E-state index is 12.7. The number of halogens is 4. The second-order valence-corrected chi connectivity index (χ2v) is 6.25. The van der Waals surface area contributed by atoms with Gasteiger partial charge in [-0.1, -0.05) is 23.2 Å². The number of rotatable bonds is 4. The van der Waals surface area contributed by atoms with Crippen LogP contribution in [0, 0.1) is 0 Å². The van der Waals surface area contributed by atoms with Crippen LogP contribution in [0.5, 0.6) is 11.5 Å². The average Bonchev–Trinajstić information content (AvgIpc) is 2.58. The molecule has 1 aliphatic heterocycles. The number of hydrogen-bond acceptors (Lipinski definition) is 5. The van der Waals surface area contributed by atoms with Crippen LogP contribution in [0.2, 0.25) is 10.0 Å². The summed E-state index contributed by atoms with van der Waals surface area (Å²) in [5.41, 5.74) is 0.609. The molecule has 1 amide bonds. The first kappa shape index (κ1) is 18.5. The number of ether oxygens (including phenoxy) is 2. The van der Waals surface area contributed by atoms with Crippen LogP contribution in [0.1, 0.15) is 17.3 Å². The summed E-state index contributed by atoms with van der Waals surface area (Å²) in [6.45, 7) is -0.873. The molecule has 138 valence electrons. The first-order chi connectivity index (χ1) is 12.4. The zero-order chi connectivity index (χ0) is 18.8. The molecule has 0 unspecified atom stereocenters. The molecule has 0 saturated heterocycles. The van der Waals surface area contributed by atoms with Crippen molar-refractivity contribution < 1.29 is 23.0 Å². The smallest absolute Gasteiger partial charge is 0.387 e. The van der Waals surface area contributed by atoms with Gasteiger partial charge >= 0.3 is 6.61 Å². The summed E-state index contributed by atoms with van der Waals surface area (Å²) in [4.78, 5) is 16.5. The van der Waals surface area contributed by atoms with Crippen LogP contribution in [-0.2, 0) is 0 Å². The lowest BCUT2D eigenvalue weighted by Crippen LogP contribution is -2.30. The van der Waals surface area contributed by atoms with Crippen LogP contribution < -0.4 is 20.1 Å². The number of fused-ring (bicyclic) bond motifs is 1. The number of hydrogen-bond donors (Lipinski definition) is 2. The van der Waals surface area contributed by atoms with Crippen LogP contribution >= 0.6 is 23.2 Å². The largest absolute Gasteiger partial charge is 0.483 e. The van der Waals surface area contributed by atoms with Gasteiger partial charge in [0, 0.05) is 12.4 Å². The van der Waals surface area contributed by atoms with Gasteiger partial charge in [0.2, 0.25) is 0 Å². The number of alkyl halides is 2. The average molecular weight is 404 g/mol. The van der Waals surface area contributed by atoms with Crippen LogP contribution in [0.4, 0.5) is 20.2 Å². The van der Waals surface area contributed by atoms with Gasteiger partial charge in [-0.3, -0.25) is 9.78 Å². The van der Waals surface area contributed by atoms with Gasteiger partial charge in [-0.15, -0.1) is 0 Å². The Morgan fingerprint density at radius 1 is 1.38 bits per heavy atom. The number of amides is 1. The first-order valence-electron chi connectivity index (χ1n) is 7.49. The van der Waals surface area contributed by atoms with Gasteiger partial charge < -0.3 is 20.1 Å². The minimum atomic E-state index is -3.02. The van der Waals surface area contributed by atoms with Crippen molar-refractivity contribution >= 4 is 40.5 Å². The van der Waals surface area contributed by atoms with E-state index in [0.29, 0.717) is 6.54 Å². The molecule has 10 heteroatoms. The quantitative estimate of drug-likeness (QED) is 0.789. The normalized spacial score (nSPS) is 15.7. The second kappa shape index (κ2) is 7.51. The Kier molecular flexibility index (Phi) is 5.33. The molecule has 2 N–H and O–H groups in total. The molecule has 6 nitrogen and oxygen atoms in total. The van der Waals surface area contributed by atoms with Crippen LogP contribution in [0.25, 0.3) is 0 Å². The fourth-order valence-corrected chi connectivity index (χ4v) is 2.89. The number of carbonyl (C=O) groups is 1. The number of nitrogens with one attached hydrogen (secondary N) is 2. The Balaban J connectivity index is 1.97. The molecule has 0 aliphatic carbocycles. The predicted octanol–water partition coefficient (Wildman–Crippen LogP) is 4.43. The summed E-state index contributed by atoms with van der Waals surface area (Å²) in [7, 11) is 0. The van der Waals surface area contributed by atoms with Gasteiger partial charge in [0.25, 0.3) is 5.91 Å². The molecular weight excluding hydrogens is 391 g/mol. The van der Waals surface area contributed by atoms with Crippen molar-refractivity contribution in [1.29, 1.82) is 0 Å². The molecule has 0 spiro atoms. The van der Waals surface area contributed by atoms with Crippen molar-refractivity contribution in [2.45, 2.75) is 19.6 Å². The summed E-state index contributed by atoms with van der Waals surface area (Å²) in [6.07, 6.45) is 2.38. The minimum Gasteiger partial charge on any atom is -0.483 e. The molecule has 1 aliphatic rings. The minimum absolute atomic E-state index is 0.0450. The van der Waals surface area contributed by atoms with Gasteiger partial charge in [0.05, 0.1) is 33.5 Å². The van der Waals surface area contributed by atoms with Gasteiger partial charge in [0.1, 0.15) is 6.10 Å². The molecule has 1 atom stereocenters. The van der Waals surface area contributed by atoms with Gasteiger partial charge in [-0.05, 0) is 19.1 Å². The van der Waals surface area contributed by atoms with E-state index in [2.05, 4.69) is 20.4 Å². The zero-order valence-electron chi connectivity index (χ0n) is 13.4. The van der Waals surface area contributed by atoms with Gasteiger partial charge in [0.15, 0.2) is 11.5 Å². The number of pyridine rings is 1. The Hall–Kier alpha value is -2.32. The molecule has 0 fully saturated rings. The lowest BCUT2D eigenvalue weighted by Gasteiger charge is -2.28. The van der Waals surface area contributed by atoms with Gasteiger partial charge in [-0.2, -0.15) is 8.78 Å². The van der Waals surface area contributed by atoms with Crippen molar-refractivity contribution in [1.82, 2.24) is 4.98 Å². The topological polar surface area (TPSA) is 72.5 Å².